The van der Waals surface area contributed by atoms with Crippen molar-refractivity contribution in [2.75, 3.05) is 7.05 Å². The second-order valence-electron chi connectivity index (χ2n) is 5.78. The highest BCUT2D eigenvalue weighted by Gasteiger charge is 2.34. The van der Waals surface area contributed by atoms with Crippen molar-refractivity contribution in [2.45, 2.75) is 38.6 Å². The van der Waals surface area contributed by atoms with Crippen molar-refractivity contribution < 1.29 is 8.42 Å². The first-order valence-corrected chi connectivity index (χ1v) is 8.07. The molecule has 0 radical (unpaired) electrons. The molecule has 5 nitrogen and oxygen atoms in total. The van der Waals surface area contributed by atoms with Gasteiger partial charge in [-0.3, -0.25) is 4.98 Å². The van der Waals surface area contributed by atoms with Gasteiger partial charge in [0, 0.05) is 19.3 Å². The highest BCUT2D eigenvalue weighted by atomic mass is 32.2. The molecule has 0 saturated heterocycles. The summed E-state index contributed by atoms with van der Waals surface area (Å²) in [6.45, 7) is 7.83. The molecule has 0 aliphatic rings. The quantitative estimate of drug-likeness (QED) is 0.857. The zero-order valence-corrected chi connectivity index (χ0v) is 14.0. The molecule has 0 bridgehead atoms. The zero-order chi connectivity index (χ0) is 15.7. The van der Waals surface area contributed by atoms with Crippen LogP contribution in [-0.2, 0) is 10.0 Å². The Morgan fingerprint density at radius 3 is 2.45 bits per heavy atom. The van der Waals surface area contributed by atoms with E-state index < -0.39 is 10.0 Å². The monoisotopic (exact) mass is 315 g/mol. The fourth-order valence-corrected chi connectivity index (χ4v) is 3.62. The largest absolute Gasteiger partial charge is 0.388 e. The van der Waals surface area contributed by atoms with Crippen molar-refractivity contribution in [2.24, 2.45) is 11.1 Å². The van der Waals surface area contributed by atoms with E-state index in [1.165, 1.54) is 16.6 Å². The fraction of sp³-hybridized carbons (Fsp3) is 0.538. The summed E-state index contributed by atoms with van der Waals surface area (Å²) in [4.78, 5) is 4.00. The van der Waals surface area contributed by atoms with Gasteiger partial charge in [0.2, 0.25) is 10.0 Å². The van der Waals surface area contributed by atoms with Crippen molar-refractivity contribution in [3.05, 3.63) is 24.0 Å². The van der Waals surface area contributed by atoms with Crippen LogP contribution in [0.2, 0.25) is 0 Å². The third kappa shape index (κ3) is 3.34. The van der Waals surface area contributed by atoms with Crippen molar-refractivity contribution in [3.63, 3.8) is 0 Å². The molecule has 1 rings (SSSR count). The fourth-order valence-electron chi connectivity index (χ4n) is 1.69. The van der Waals surface area contributed by atoms with E-state index in [-0.39, 0.29) is 27.0 Å². The van der Waals surface area contributed by atoms with E-state index >= 15 is 0 Å². The van der Waals surface area contributed by atoms with Crippen molar-refractivity contribution >= 4 is 27.2 Å². The zero-order valence-electron chi connectivity index (χ0n) is 12.4. The molecule has 112 valence electrons. The summed E-state index contributed by atoms with van der Waals surface area (Å²) in [7, 11) is -2.14. The molecule has 1 heterocycles. The highest BCUT2D eigenvalue weighted by Crippen LogP contribution is 2.28. The van der Waals surface area contributed by atoms with Crippen LogP contribution in [0.4, 0.5) is 0 Å². The molecular formula is C13H21N3O2S2. The van der Waals surface area contributed by atoms with Gasteiger partial charge in [0.05, 0.1) is 0 Å². The van der Waals surface area contributed by atoms with Crippen LogP contribution in [0.3, 0.4) is 0 Å². The Balaban J connectivity index is 3.35. The van der Waals surface area contributed by atoms with Crippen molar-refractivity contribution in [1.29, 1.82) is 0 Å². The lowest BCUT2D eigenvalue weighted by molar-refractivity contribution is 0.216. The van der Waals surface area contributed by atoms with Gasteiger partial charge in [0.15, 0.2) is 0 Å². The van der Waals surface area contributed by atoms with Gasteiger partial charge in [-0.15, -0.1) is 0 Å². The van der Waals surface area contributed by atoms with Crippen LogP contribution >= 0.6 is 12.2 Å². The number of rotatable bonds is 4. The molecule has 1 aromatic rings. The number of thiocarbonyl (C=S) groups is 1. The molecule has 7 heteroatoms. The predicted molar refractivity (Wildman–Crippen MR) is 84.0 cm³/mol. The van der Waals surface area contributed by atoms with Gasteiger partial charge in [-0.25, -0.2) is 8.42 Å². The molecule has 0 amide bonds. The second-order valence-corrected chi connectivity index (χ2v) is 8.18. The first kappa shape index (κ1) is 17.0. The lowest BCUT2D eigenvalue weighted by Gasteiger charge is -2.34. The number of nitrogens with two attached hydrogens (primary N) is 1. The summed E-state index contributed by atoms with van der Waals surface area (Å²) >= 11 is 4.88. The standard InChI is InChI=1S/C13H21N3O2S2/c1-9(13(2,3)4)16(5)20(17,18)10-7-6-8-15-11(10)12(14)19/h6-9H,1-5H3,(H2,14,19). The summed E-state index contributed by atoms with van der Waals surface area (Å²) in [5.74, 6) is 0. The Bertz CT molecular complexity index is 606. The van der Waals surface area contributed by atoms with E-state index in [0.717, 1.165) is 0 Å². The topological polar surface area (TPSA) is 76.3 Å². The first-order chi connectivity index (χ1) is 8.99. The summed E-state index contributed by atoms with van der Waals surface area (Å²) in [6, 6.07) is 2.85. The first-order valence-electron chi connectivity index (χ1n) is 6.22. The molecule has 1 unspecified atom stereocenters. The Labute approximate surface area is 126 Å². The van der Waals surface area contributed by atoms with Gasteiger partial charge in [-0.1, -0.05) is 33.0 Å². The van der Waals surface area contributed by atoms with Gasteiger partial charge >= 0.3 is 0 Å². The highest BCUT2D eigenvalue weighted by molar-refractivity contribution is 7.89. The Morgan fingerprint density at radius 2 is 2.00 bits per heavy atom. The Morgan fingerprint density at radius 1 is 1.45 bits per heavy atom. The van der Waals surface area contributed by atoms with E-state index in [0.29, 0.717) is 0 Å². The smallest absolute Gasteiger partial charge is 0.245 e. The summed E-state index contributed by atoms with van der Waals surface area (Å²) in [6.07, 6.45) is 1.47. The van der Waals surface area contributed by atoms with Crippen LogP contribution in [0.25, 0.3) is 0 Å². The summed E-state index contributed by atoms with van der Waals surface area (Å²) in [5, 5.41) is 0. The number of pyridine rings is 1. The molecule has 2 N–H and O–H groups in total. The van der Waals surface area contributed by atoms with Crippen LogP contribution in [0.5, 0.6) is 0 Å². The van der Waals surface area contributed by atoms with Crippen LogP contribution < -0.4 is 5.73 Å². The maximum Gasteiger partial charge on any atom is 0.245 e. The lowest BCUT2D eigenvalue weighted by Crippen LogP contribution is -2.43. The van der Waals surface area contributed by atoms with E-state index in [1.807, 2.05) is 27.7 Å². The molecular weight excluding hydrogens is 294 g/mol. The number of nitrogens with zero attached hydrogens (tertiary/aromatic N) is 2. The third-order valence-corrected chi connectivity index (χ3v) is 5.61. The Kier molecular flexibility index (Phi) is 4.89. The normalized spacial score (nSPS) is 14.3. The van der Waals surface area contributed by atoms with E-state index in [4.69, 9.17) is 18.0 Å². The van der Waals surface area contributed by atoms with Crippen LogP contribution in [0.1, 0.15) is 33.4 Å². The van der Waals surface area contributed by atoms with Gasteiger partial charge in [0.25, 0.3) is 0 Å². The molecule has 1 aromatic heterocycles. The summed E-state index contributed by atoms with van der Waals surface area (Å²) < 4.78 is 26.8. The van der Waals surface area contributed by atoms with Gasteiger partial charge in [-0.2, -0.15) is 4.31 Å². The molecule has 0 fully saturated rings. The SMILES string of the molecule is CC(N(C)S(=O)(=O)c1cccnc1C(N)=S)C(C)(C)C. The minimum Gasteiger partial charge on any atom is -0.388 e. The number of sulfonamides is 1. The third-order valence-electron chi connectivity index (χ3n) is 3.46. The van der Waals surface area contributed by atoms with Crippen molar-refractivity contribution in [1.82, 2.24) is 9.29 Å². The molecule has 20 heavy (non-hydrogen) atoms. The van der Waals surface area contributed by atoms with Crippen molar-refractivity contribution in [3.8, 4) is 0 Å². The lowest BCUT2D eigenvalue weighted by atomic mass is 9.88. The molecule has 0 spiro atoms. The number of hydrogen-bond acceptors (Lipinski definition) is 4. The van der Waals surface area contributed by atoms with Crippen LogP contribution in [0, 0.1) is 5.41 Å². The molecule has 0 aliphatic carbocycles. The predicted octanol–water partition coefficient (Wildman–Crippen LogP) is 1.77. The van der Waals surface area contributed by atoms with Crippen LogP contribution in [0.15, 0.2) is 23.2 Å². The molecule has 0 aromatic carbocycles. The van der Waals surface area contributed by atoms with Crippen LogP contribution in [-0.4, -0.2) is 35.8 Å². The molecule has 0 aliphatic heterocycles. The maximum atomic E-state index is 12.7. The van der Waals surface area contributed by atoms with E-state index in [2.05, 4.69) is 4.98 Å². The minimum atomic E-state index is -3.69. The van der Waals surface area contributed by atoms with Gasteiger partial charge < -0.3 is 5.73 Å². The Hall–Kier alpha value is -1.05. The summed E-state index contributed by atoms with van der Waals surface area (Å²) in [5.41, 5.74) is 5.51. The molecule has 0 saturated carbocycles. The second kappa shape index (κ2) is 5.75. The average molecular weight is 315 g/mol. The average Bonchev–Trinajstić information content (AvgIpc) is 2.35. The minimum absolute atomic E-state index is 0.0269. The molecule has 1 atom stereocenters. The van der Waals surface area contributed by atoms with Gasteiger partial charge in [0.1, 0.15) is 15.6 Å². The van der Waals surface area contributed by atoms with E-state index in [1.54, 1.807) is 13.1 Å². The number of hydrogen-bond donors (Lipinski definition) is 1. The maximum absolute atomic E-state index is 12.7. The van der Waals surface area contributed by atoms with E-state index in [9.17, 15) is 8.42 Å². The van der Waals surface area contributed by atoms with Gasteiger partial charge in [-0.05, 0) is 24.5 Å². The number of aromatic nitrogens is 1.